The van der Waals surface area contributed by atoms with Gasteiger partial charge in [0.05, 0.1) is 31.0 Å². The number of morpholine rings is 1. The Hall–Kier alpha value is -2.19. The fraction of sp³-hybridized carbons (Fsp3) is 0.767. The number of aromatic nitrogens is 3. The first-order chi connectivity index (χ1) is 18.5. The van der Waals surface area contributed by atoms with Crippen LogP contribution in [-0.2, 0) is 9.53 Å². The number of aliphatic hydroxyl groups excluding tert-OH is 1. The SMILES string of the molecule is CCCCCC(C)Nc1ncc2c([C@H]3CC[C@@H](C(=O)N4CCOCC4)CC3)cc([C@H]3CC[C@H](O)CC3)n2n1. The zero-order valence-electron chi connectivity index (χ0n) is 23.4. The highest BCUT2D eigenvalue weighted by atomic mass is 16.5. The van der Waals surface area contributed by atoms with Gasteiger partial charge in [-0.3, -0.25) is 4.79 Å². The number of anilines is 1. The Labute approximate surface area is 227 Å². The third-order valence-corrected chi connectivity index (χ3v) is 9.15. The molecule has 0 spiro atoms. The fourth-order valence-electron chi connectivity index (χ4n) is 6.78. The van der Waals surface area contributed by atoms with Crippen LogP contribution in [-0.4, -0.2) is 69.0 Å². The fourth-order valence-corrected chi connectivity index (χ4v) is 6.78. The van der Waals surface area contributed by atoms with E-state index in [9.17, 15) is 9.90 Å². The van der Waals surface area contributed by atoms with Crippen molar-refractivity contribution in [2.75, 3.05) is 31.6 Å². The minimum absolute atomic E-state index is 0.138. The van der Waals surface area contributed by atoms with Gasteiger partial charge in [0.15, 0.2) is 0 Å². The van der Waals surface area contributed by atoms with Crippen molar-refractivity contribution in [3.8, 4) is 0 Å². The van der Waals surface area contributed by atoms with Gasteiger partial charge in [-0.15, -0.1) is 5.10 Å². The summed E-state index contributed by atoms with van der Waals surface area (Å²) in [6.45, 7) is 7.23. The van der Waals surface area contributed by atoms with Crippen LogP contribution < -0.4 is 5.32 Å². The van der Waals surface area contributed by atoms with Crippen molar-refractivity contribution < 1.29 is 14.6 Å². The van der Waals surface area contributed by atoms with Crippen molar-refractivity contribution in [2.24, 2.45) is 5.92 Å². The van der Waals surface area contributed by atoms with Crippen LogP contribution in [0.1, 0.15) is 114 Å². The van der Waals surface area contributed by atoms with Crippen molar-refractivity contribution in [1.82, 2.24) is 19.5 Å². The summed E-state index contributed by atoms with van der Waals surface area (Å²) in [5.74, 6) is 1.99. The van der Waals surface area contributed by atoms with E-state index < -0.39 is 0 Å². The summed E-state index contributed by atoms with van der Waals surface area (Å²) in [7, 11) is 0. The molecule has 1 saturated heterocycles. The summed E-state index contributed by atoms with van der Waals surface area (Å²) in [5.41, 5.74) is 3.71. The van der Waals surface area contributed by atoms with E-state index in [0.29, 0.717) is 42.9 Å². The van der Waals surface area contributed by atoms with Crippen molar-refractivity contribution in [3.63, 3.8) is 0 Å². The van der Waals surface area contributed by atoms with E-state index in [1.807, 2.05) is 11.1 Å². The molecule has 3 aliphatic rings. The number of nitrogens with one attached hydrogen (secondary N) is 1. The number of carbonyl (C=O) groups is 1. The van der Waals surface area contributed by atoms with Crippen LogP contribution >= 0.6 is 0 Å². The molecule has 1 atom stereocenters. The number of ether oxygens (including phenoxy) is 1. The van der Waals surface area contributed by atoms with E-state index in [4.69, 9.17) is 14.8 Å². The second kappa shape index (κ2) is 12.8. The van der Waals surface area contributed by atoms with Crippen LogP contribution in [0.4, 0.5) is 5.95 Å². The van der Waals surface area contributed by atoms with Gasteiger partial charge in [-0.2, -0.15) is 0 Å². The second-order valence-corrected chi connectivity index (χ2v) is 11.9. The third kappa shape index (κ3) is 6.33. The maximum absolute atomic E-state index is 13.1. The summed E-state index contributed by atoms with van der Waals surface area (Å²) >= 11 is 0. The molecule has 3 heterocycles. The molecule has 38 heavy (non-hydrogen) atoms. The number of rotatable bonds is 9. The number of hydrogen-bond acceptors (Lipinski definition) is 6. The van der Waals surface area contributed by atoms with Gasteiger partial charge >= 0.3 is 0 Å². The molecule has 8 heteroatoms. The summed E-state index contributed by atoms with van der Waals surface area (Å²) in [4.78, 5) is 19.8. The Morgan fingerprint density at radius 2 is 1.79 bits per heavy atom. The molecule has 5 rings (SSSR count). The van der Waals surface area contributed by atoms with Crippen LogP contribution in [0, 0.1) is 5.92 Å². The molecule has 0 aromatic carbocycles. The minimum Gasteiger partial charge on any atom is -0.393 e. The number of fused-ring (bicyclic) bond motifs is 1. The Kier molecular flexibility index (Phi) is 9.20. The molecule has 1 amide bonds. The predicted octanol–water partition coefficient (Wildman–Crippen LogP) is 5.26. The van der Waals surface area contributed by atoms with Crippen LogP contribution in [0.2, 0.25) is 0 Å². The van der Waals surface area contributed by atoms with Crippen molar-refractivity contribution in [1.29, 1.82) is 0 Å². The van der Waals surface area contributed by atoms with Gasteiger partial charge in [0, 0.05) is 36.7 Å². The topological polar surface area (TPSA) is 92.0 Å². The molecule has 2 saturated carbocycles. The van der Waals surface area contributed by atoms with Gasteiger partial charge < -0.3 is 20.1 Å². The normalized spacial score (nSPS) is 27.4. The Morgan fingerprint density at radius 1 is 1.08 bits per heavy atom. The van der Waals surface area contributed by atoms with E-state index >= 15 is 0 Å². The number of carbonyl (C=O) groups excluding carboxylic acids is 1. The maximum Gasteiger partial charge on any atom is 0.241 e. The van der Waals surface area contributed by atoms with E-state index in [0.717, 1.165) is 76.4 Å². The van der Waals surface area contributed by atoms with Gasteiger partial charge in [-0.25, -0.2) is 9.50 Å². The first-order valence-electron chi connectivity index (χ1n) is 15.2. The molecular formula is C30H47N5O3. The molecule has 8 nitrogen and oxygen atoms in total. The molecule has 2 aliphatic carbocycles. The van der Waals surface area contributed by atoms with Crippen molar-refractivity contribution in [3.05, 3.63) is 23.5 Å². The largest absolute Gasteiger partial charge is 0.393 e. The smallest absolute Gasteiger partial charge is 0.241 e. The van der Waals surface area contributed by atoms with E-state index in [1.54, 1.807) is 0 Å². The molecule has 0 bridgehead atoms. The minimum atomic E-state index is -0.174. The monoisotopic (exact) mass is 525 g/mol. The number of unbranched alkanes of at least 4 members (excludes halogenated alkanes) is 2. The quantitative estimate of drug-likeness (QED) is 0.434. The summed E-state index contributed by atoms with van der Waals surface area (Å²) in [6.07, 6.45) is 14.3. The molecule has 210 valence electrons. The van der Waals surface area contributed by atoms with Gasteiger partial charge in [-0.1, -0.05) is 26.2 Å². The lowest BCUT2D eigenvalue weighted by atomic mass is 9.78. The average molecular weight is 526 g/mol. The Bertz CT molecular complexity index is 1050. The summed E-state index contributed by atoms with van der Waals surface area (Å²) in [6, 6.07) is 2.72. The predicted molar refractivity (Wildman–Crippen MR) is 150 cm³/mol. The first-order valence-corrected chi connectivity index (χ1v) is 15.2. The van der Waals surface area contributed by atoms with E-state index in [1.165, 1.54) is 30.5 Å². The molecule has 2 N–H and O–H groups in total. The lowest BCUT2D eigenvalue weighted by Crippen LogP contribution is -2.44. The average Bonchev–Trinajstić information content (AvgIpc) is 3.32. The zero-order valence-corrected chi connectivity index (χ0v) is 23.4. The van der Waals surface area contributed by atoms with Gasteiger partial charge in [0.1, 0.15) is 0 Å². The van der Waals surface area contributed by atoms with Crippen LogP contribution in [0.15, 0.2) is 12.3 Å². The van der Waals surface area contributed by atoms with Gasteiger partial charge in [-0.05, 0) is 82.3 Å². The highest BCUT2D eigenvalue weighted by Gasteiger charge is 2.33. The number of aliphatic hydroxyl groups is 1. The second-order valence-electron chi connectivity index (χ2n) is 11.9. The molecule has 1 unspecified atom stereocenters. The van der Waals surface area contributed by atoms with Crippen LogP contribution in [0.25, 0.3) is 5.52 Å². The zero-order chi connectivity index (χ0) is 26.5. The molecular weight excluding hydrogens is 478 g/mol. The van der Waals surface area contributed by atoms with Crippen molar-refractivity contribution >= 4 is 17.4 Å². The van der Waals surface area contributed by atoms with Crippen LogP contribution in [0.5, 0.6) is 0 Å². The summed E-state index contributed by atoms with van der Waals surface area (Å²) in [5, 5.41) is 18.7. The van der Waals surface area contributed by atoms with Crippen molar-refractivity contribution in [2.45, 2.75) is 115 Å². The van der Waals surface area contributed by atoms with E-state index in [-0.39, 0.29) is 12.0 Å². The molecule has 1 aliphatic heterocycles. The lowest BCUT2D eigenvalue weighted by molar-refractivity contribution is -0.140. The molecule has 2 aromatic rings. The lowest BCUT2D eigenvalue weighted by Gasteiger charge is -2.34. The first kappa shape index (κ1) is 27.4. The maximum atomic E-state index is 13.1. The summed E-state index contributed by atoms with van der Waals surface area (Å²) < 4.78 is 7.59. The third-order valence-electron chi connectivity index (χ3n) is 9.15. The van der Waals surface area contributed by atoms with E-state index in [2.05, 4.69) is 29.7 Å². The molecule has 2 aromatic heterocycles. The number of nitrogens with zero attached hydrogens (tertiary/aromatic N) is 4. The standard InChI is InChI=1S/C30H47N5O3/c1-3-4-5-6-21(2)32-30-31-20-28-26(19-27(35(28)33-30)23-11-13-25(36)14-12-23)22-7-9-24(10-8-22)29(37)34-15-17-38-18-16-34/h19-25,36H,3-18H2,1-2H3,(H,32,33)/t21?,22-,23-,24+,25-. The number of hydrogen-bond donors (Lipinski definition) is 2. The molecule has 3 fully saturated rings. The highest BCUT2D eigenvalue weighted by molar-refractivity contribution is 5.79. The highest BCUT2D eigenvalue weighted by Crippen LogP contribution is 2.42. The molecule has 0 radical (unpaired) electrons. The van der Waals surface area contributed by atoms with Crippen LogP contribution in [0.3, 0.4) is 0 Å². The number of amides is 1. The Morgan fingerprint density at radius 3 is 2.50 bits per heavy atom. The van der Waals surface area contributed by atoms with Gasteiger partial charge in [0.2, 0.25) is 11.9 Å². The Balaban J connectivity index is 1.33. The van der Waals surface area contributed by atoms with Gasteiger partial charge in [0.25, 0.3) is 0 Å².